The lowest BCUT2D eigenvalue weighted by molar-refractivity contribution is 0.298. The molecule has 92 valence electrons. The monoisotopic (exact) mass is 304 g/mol. The Hall–Kier alpha value is 0.100. The third-order valence-corrected chi connectivity index (χ3v) is 4.86. The van der Waals surface area contributed by atoms with Crippen molar-refractivity contribution in [2.24, 2.45) is 0 Å². The van der Waals surface area contributed by atoms with Gasteiger partial charge in [0.15, 0.2) is 0 Å². The van der Waals surface area contributed by atoms with E-state index in [0.717, 1.165) is 26.2 Å². The molecule has 0 spiro atoms. The van der Waals surface area contributed by atoms with Crippen LogP contribution < -0.4 is 5.32 Å². The van der Waals surface area contributed by atoms with E-state index < -0.39 is 0 Å². The molecule has 0 radical (unpaired) electrons. The molecule has 0 fully saturated rings. The van der Waals surface area contributed by atoms with Gasteiger partial charge in [0.05, 0.1) is 0 Å². The summed E-state index contributed by atoms with van der Waals surface area (Å²) in [4.78, 5) is 3.82. The first-order valence-corrected chi connectivity index (χ1v) is 7.54. The summed E-state index contributed by atoms with van der Waals surface area (Å²) < 4.78 is 1.22. The first-order chi connectivity index (χ1) is 7.69. The number of thiophene rings is 1. The summed E-state index contributed by atoms with van der Waals surface area (Å²) in [6, 6.07) is 2.55. The molecule has 1 N–H and O–H groups in total. The van der Waals surface area contributed by atoms with Gasteiger partial charge in [-0.3, -0.25) is 0 Å². The smallest absolute Gasteiger partial charge is 0.0397 e. The molecule has 16 heavy (non-hydrogen) atoms. The molecule has 0 saturated carbocycles. The van der Waals surface area contributed by atoms with Gasteiger partial charge >= 0.3 is 0 Å². The molecule has 0 aromatic carbocycles. The van der Waals surface area contributed by atoms with Gasteiger partial charge < -0.3 is 10.2 Å². The first kappa shape index (κ1) is 14.2. The van der Waals surface area contributed by atoms with Crippen LogP contribution in [-0.2, 0) is 0 Å². The fraction of sp³-hybridized carbons (Fsp3) is 0.667. The molecule has 0 bridgehead atoms. The van der Waals surface area contributed by atoms with Crippen molar-refractivity contribution in [3.63, 3.8) is 0 Å². The molecule has 1 rings (SSSR count). The average Bonchev–Trinajstić information content (AvgIpc) is 2.70. The Morgan fingerprint density at radius 2 is 2.12 bits per heavy atom. The number of nitrogens with zero attached hydrogens (tertiary/aromatic N) is 1. The molecule has 1 heterocycles. The molecule has 0 aliphatic heterocycles. The summed E-state index contributed by atoms with van der Waals surface area (Å²) in [6.45, 7) is 11.1. The number of rotatable bonds is 7. The largest absolute Gasteiger partial charge is 0.308 e. The number of halogens is 1. The molecular formula is C12H21BrN2S. The van der Waals surface area contributed by atoms with Gasteiger partial charge in [-0.2, -0.15) is 0 Å². The SMILES string of the molecule is CCN(CC)CCNC(C)c1sccc1Br. The summed E-state index contributed by atoms with van der Waals surface area (Å²) in [7, 11) is 0. The Labute approximate surface area is 111 Å². The van der Waals surface area contributed by atoms with E-state index in [2.05, 4.69) is 58.4 Å². The summed E-state index contributed by atoms with van der Waals surface area (Å²) in [5.41, 5.74) is 0. The second kappa shape index (κ2) is 7.43. The highest BCUT2D eigenvalue weighted by Crippen LogP contribution is 2.28. The minimum absolute atomic E-state index is 0.435. The van der Waals surface area contributed by atoms with E-state index >= 15 is 0 Å². The van der Waals surface area contributed by atoms with E-state index in [9.17, 15) is 0 Å². The topological polar surface area (TPSA) is 15.3 Å². The second-order valence-corrected chi connectivity index (χ2v) is 5.64. The molecule has 1 aromatic heterocycles. The van der Waals surface area contributed by atoms with Crippen LogP contribution in [0.4, 0.5) is 0 Å². The molecule has 1 atom stereocenters. The lowest BCUT2D eigenvalue weighted by Gasteiger charge is -2.20. The number of likely N-dealkylation sites (N-methyl/N-ethyl adjacent to an activating group) is 1. The van der Waals surface area contributed by atoms with E-state index in [1.54, 1.807) is 11.3 Å². The molecule has 0 amide bonds. The molecule has 2 nitrogen and oxygen atoms in total. The Kier molecular flexibility index (Phi) is 6.58. The van der Waals surface area contributed by atoms with E-state index in [1.165, 1.54) is 9.35 Å². The highest BCUT2D eigenvalue weighted by Gasteiger charge is 2.10. The van der Waals surface area contributed by atoms with Gasteiger partial charge in [0.1, 0.15) is 0 Å². The lowest BCUT2D eigenvalue weighted by atomic mass is 10.3. The van der Waals surface area contributed by atoms with Crippen molar-refractivity contribution >= 4 is 27.3 Å². The van der Waals surface area contributed by atoms with Crippen LogP contribution in [0, 0.1) is 0 Å². The van der Waals surface area contributed by atoms with Gasteiger partial charge in [-0.1, -0.05) is 13.8 Å². The maximum Gasteiger partial charge on any atom is 0.0397 e. The van der Waals surface area contributed by atoms with Crippen LogP contribution in [0.5, 0.6) is 0 Å². The van der Waals surface area contributed by atoms with Crippen molar-refractivity contribution in [3.8, 4) is 0 Å². The van der Waals surface area contributed by atoms with Crippen molar-refractivity contribution in [1.82, 2.24) is 10.2 Å². The van der Waals surface area contributed by atoms with Gasteiger partial charge in [0.25, 0.3) is 0 Å². The molecular weight excluding hydrogens is 284 g/mol. The van der Waals surface area contributed by atoms with Crippen LogP contribution in [-0.4, -0.2) is 31.1 Å². The van der Waals surface area contributed by atoms with E-state index in [1.807, 2.05) is 0 Å². The summed E-state index contributed by atoms with van der Waals surface area (Å²) >= 11 is 5.38. The summed E-state index contributed by atoms with van der Waals surface area (Å²) in [5, 5.41) is 5.69. The predicted octanol–water partition coefficient (Wildman–Crippen LogP) is 3.50. The zero-order valence-electron chi connectivity index (χ0n) is 10.3. The molecule has 0 aliphatic rings. The molecule has 0 saturated heterocycles. The van der Waals surface area contributed by atoms with Crippen LogP contribution in [0.1, 0.15) is 31.7 Å². The fourth-order valence-electron chi connectivity index (χ4n) is 1.69. The normalized spacial score (nSPS) is 13.3. The van der Waals surface area contributed by atoms with Crippen molar-refractivity contribution in [1.29, 1.82) is 0 Å². The van der Waals surface area contributed by atoms with Crippen molar-refractivity contribution in [2.75, 3.05) is 26.2 Å². The Balaban J connectivity index is 2.30. The third kappa shape index (κ3) is 4.17. The standard InChI is InChI=1S/C12H21BrN2S/c1-4-15(5-2)8-7-14-10(3)12-11(13)6-9-16-12/h6,9-10,14H,4-5,7-8H2,1-3H3. The average molecular weight is 305 g/mol. The first-order valence-electron chi connectivity index (χ1n) is 5.87. The van der Waals surface area contributed by atoms with E-state index in [0.29, 0.717) is 6.04 Å². The van der Waals surface area contributed by atoms with Crippen molar-refractivity contribution < 1.29 is 0 Å². The third-order valence-electron chi connectivity index (χ3n) is 2.81. The van der Waals surface area contributed by atoms with Crippen LogP contribution >= 0.6 is 27.3 Å². The molecule has 0 aliphatic carbocycles. The van der Waals surface area contributed by atoms with Crippen LogP contribution in [0.2, 0.25) is 0 Å². The Bertz CT molecular complexity index is 297. The maximum atomic E-state index is 3.58. The Morgan fingerprint density at radius 1 is 1.44 bits per heavy atom. The van der Waals surface area contributed by atoms with Gasteiger partial charge in [-0.15, -0.1) is 11.3 Å². The van der Waals surface area contributed by atoms with Gasteiger partial charge in [0.2, 0.25) is 0 Å². The number of hydrogen-bond acceptors (Lipinski definition) is 3. The van der Waals surface area contributed by atoms with Gasteiger partial charge in [-0.25, -0.2) is 0 Å². The van der Waals surface area contributed by atoms with Crippen LogP contribution in [0.3, 0.4) is 0 Å². The van der Waals surface area contributed by atoms with Gasteiger partial charge in [0, 0.05) is 28.5 Å². The highest BCUT2D eigenvalue weighted by atomic mass is 79.9. The van der Waals surface area contributed by atoms with Crippen LogP contribution in [0.25, 0.3) is 0 Å². The molecule has 1 aromatic rings. The fourth-order valence-corrected chi connectivity index (χ4v) is 3.44. The molecule has 4 heteroatoms. The summed E-state index contributed by atoms with van der Waals surface area (Å²) in [5.74, 6) is 0. The Morgan fingerprint density at radius 3 is 2.62 bits per heavy atom. The molecule has 1 unspecified atom stereocenters. The van der Waals surface area contributed by atoms with Crippen molar-refractivity contribution in [3.05, 3.63) is 20.8 Å². The number of nitrogens with one attached hydrogen (secondary N) is 1. The lowest BCUT2D eigenvalue weighted by Crippen LogP contribution is -2.32. The zero-order chi connectivity index (χ0) is 12.0. The zero-order valence-corrected chi connectivity index (χ0v) is 12.7. The van der Waals surface area contributed by atoms with E-state index in [-0.39, 0.29) is 0 Å². The quantitative estimate of drug-likeness (QED) is 0.829. The van der Waals surface area contributed by atoms with Crippen molar-refractivity contribution in [2.45, 2.75) is 26.8 Å². The minimum Gasteiger partial charge on any atom is -0.308 e. The minimum atomic E-state index is 0.435. The highest BCUT2D eigenvalue weighted by molar-refractivity contribution is 9.10. The summed E-state index contributed by atoms with van der Waals surface area (Å²) in [6.07, 6.45) is 0. The second-order valence-electron chi connectivity index (χ2n) is 3.84. The predicted molar refractivity (Wildman–Crippen MR) is 76.2 cm³/mol. The number of hydrogen-bond donors (Lipinski definition) is 1. The van der Waals surface area contributed by atoms with E-state index in [4.69, 9.17) is 0 Å². The maximum absolute atomic E-state index is 3.58. The van der Waals surface area contributed by atoms with Gasteiger partial charge in [-0.05, 0) is 47.4 Å². The van der Waals surface area contributed by atoms with Crippen LogP contribution in [0.15, 0.2) is 15.9 Å².